The molecule has 2 heterocycles. The van der Waals surface area contributed by atoms with E-state index < -0.39 is 6.04 Å². The molecule has 1 aromatic heterocycles. The number of rotatable bonds is 4. The average molecular weight is 392 g/mol. The number of aromatic nitrogens is 1. The molecule has 2 aromatic rings. The van der Waals surface area contributed by atoms with Gasteiger partial charge in [0, 0.05) is 16.2 Å². The summed E-state index contributed by atoms with van der Waals surface area (Å²) in [4.78, 5) is 9.97. The van der Waals surface area contributed by atoms with Gasteiger partial charge in [0.1, 0.15) is 29.3 Å². The number of nitrogens with zero attached hydrogens (tertiary/aromatic N) is 4. The van der Waals surface area contributed by atoms with Crippen molar-refractivity contribution in [3.8, 4) is 12.3 Å². The largest absolute Gasteiger partial charge is 0.397 e. The van der Waals surface area contributed by atoms with Crippen molar-refractivity contribution in [2.45, 2.75) is 24.8 Å². The van der Waals surface area contributed by atoms with Gasteiger partial charge in [-0.05, 0) is 17.5 Å². The molecule has 1 atom stereocenters. The molecule has 6 N–H and O–H groups in total. The molecule has 1 aromatic carbocycles. The van der Waals surface area contributed by atoms with Crippen LogP contribution in [0.5, 0.6) is 0 Å². The third kappa shape index (κ3) is 3.66. The topological polar surface area (TPSA) is 149 Å². The summed E-state index contributed by atoms with van der Waals surface area (Å²) in [6.45, 7) is 4.32. The Morgan fingerprint density at radius 1 is 1.29 bits per heavy atom. The first-order chi connectivity index (χ1) is 13.5. The predicted octanol–water partition coefficient (Wildman–Crippen LogP) is 2.81. The lowest BCUT2D eigenvalue weighted by Crippen LogP contribution is -2.33. The van der Waals surface area contributed by atoms with Gasteiger partial charge in [-0.2, -0.15) is 10.5 Å². The molecule has 1 aliphatic heterocycles. The van der Waals surface area contributed by atoms with E-state index in [4.69, 9.17) is 16.7 Å². The highest BCUT2D eigenvalue weighted by molar-refractivity contribution is 7.99. The monoisotopic (exact) mass is 392 g/mol. The van der Waals surface area contributed by atoms with Crippen LogP contribution in [0.1, 0.15) is 36.6 Å². The Labute approximate surface area is 167 Å². The van der Waals surface area contributed by atoms with E-state index in [9.17, 15) is 5.26 Å². The van der Waals surface area contributed by atoms with Gasteiger partial charge in [-0.1, -0.05) is 32.0 Å². The smallest absolute Gasteiger partial charge is 0.211 e. The lowest BCUT2D eigenvalue weighted by molar-refractivity contribution is 0.749. The first-order valence-corrected chi connectivity index (χ1v) is 9.65. The minimum atomic E-state index is -0.525. The second-order valence-electron chi connectivity index (χ2n) is 6.64. The molecule has 0 bridgehead atoms. The summed E-state index contributed by atoms with van der Waals surface area (Å²) in [5, 5.41) is 23.9. The van der Waals surface area contributed by atoms with Gasteiger partial charge >= 0.3 is 0 Å². The fraction of sp³-hybridized carbons (Fsp3) is 0.263. The van der Waals surface area contributed by atoms with E-state index >= 15 is 0 Å². The normalized spacial score (nSPS) is 15.0. The predicted molar refractivity (Wildman–Crippen MR) is 111 cm³/mol. The van der Waals surface area contributed by atoms with Gasteiger partial charge in [-0.3, -0.25) is 5.32 Å². The number of anilines is 3. The summed E-state index contributed by atoms with van der Waals surface area (Å²) in [6.07, 6.45) is 1.86. The molecule has 0 aliphatic carbocycles. The summed E-state index contributed by atoms with van der Waals surface area (Å²) < 4.78 is 0. The van der Waals surface area contributed by atoms with Crippen LogP contribution >= 0.6 is 11.8 Å². The number of benzene rings is 1. The fourth-order valence-electron chi connectivity index (χ4n) is 2.90. The highest BCUT2D eigenvalue weighted by atomic mass is 32.2. The van der Waals surface area contributed by atoms with Crippen molar-refractivity contribution in [1.82, 2.24) is 10.3 Å². The quantitative estimate of drug-likeness (QED) is 0.352. The van der Waals surface area contributed by atoms with E-state index in [-0.39, 0.29) is 23.0 Å². The van der Waals surface area contributed by atoms with Crippen molar-refractivity contribution >= 4 is 35.0 Å². The Morgan fingerprint density at radius 3 is 2.71 bits per heavy atom. The number of guanidine groups is 1. The van der Waals surface area contributed by atoms with Crippen LogP contribution in [0.3, 0.4) is 0 Å². The number of hydrogen-bond donors (Lipinski definition) is 4. The minimum absolute atomic E-state index is 0.0330. The van der Waals surface area contributed by atoms with Crippen molar-refractivity contribution in [2.75, 3.05) is 22.5 Å². The van der Waals surface area contributed by atoms with Gasteiger partial charge in [0.15, 0.2) is 6.19 Å². The van der Waals surface area contributed by atoms with Gasteiger partial charge < -0.3 is 16.8 Å². The first kappa shape index (κ1) is 19.3. The molecule has 3 rings (SSSR count). The van der Waals surface area contributed by atoms with Crippen LogP contribution in [0, 0.1) is 28.7 Å². The number of nitriles is 2. The number of nitrogens with one attached hydrogen (secondary N) is 2. The molecule has 142 valence electrons. The Kier molecular flexibility index (Phi) is 5.57. The summed E-state index contributed by atoms with van der Waals surface area (Å²) >= 11 is 1.73. The summed E-state index contributed by atoms with van der Waals surface area (Å²) in [6, 6.07) is 9.39. The van der Waals surface area contributed by atoms with Crippen LogP contribution in [-0.2, 0) is 0 Å². The standard InChI is InChI=1S/C19H20N8S/c1-10(2)8-28-13-6-4-3-5-11(13)16-14-15(22)12(7-20)17(23)26-18(14)27-19(25-16)24-9-21/h3-6,10,16H,8H2,1-2H3,(H6,22,23,24,25,26,27). The number of fused-ring (bicyclic) bond motifs is 1. The van der Waals surface area contributed by atoms with Crippen molar-refractivity contribution in [1.29, 1.82) is 10.5 Å². The number of aliphatic imine (C=N–C) groups is 1. The van der Waals surface area contributed by atoms with E-state index in [1.807, 2.05) is 36.5 Å². The van der Waals surface area contributed by atoms with Crippen LogP contribution in [0.2, 0.25) is 0 Å². The SMILES string of the molecule is CC(C)CSc1ccccc1C1N=C(NC#N)Nc2nc(N)c(C#N)c(N)c21. The molecule has 8 nitrogen and oxygen atoms in total. The van der Waals surface area contributed by atoms with E-state index in [1.165, 1.54) is 0 Å². The number of nitrogen functional groups attached to an aromatic ring is 2. The van der Waals surface area contributed by atoms with E-state index in [2.05, 4.69) is 34.5 Å². The van der Waals surface area contributed by atoms with Crippen molar-refractivity contribution in [3.05, 3.63) is 41.0 Å². The maximum absolute atomic E-state index is 9.43. The van der Waals surface area contributed by atoms with Gasteiger partial charge in [0.25, 0.3) is 0 Å². The van der Waals surface area contributed by atoms with Crippen molar-refractivity contribution in [2.24, 2.45) is 10.9 Å². The lowest BCUT2D eigenvalue weighted by Gasteiger charge is -2.27. The molecule has 0 saturated carbocycles. The first-order valence-electron chi connectivity index (χ1n) is 8.66. The number of hydrogen-bond acceptors (Lipinski definition) is 9. The third-order valence-corrected chi connectivity index (χ3v) is 5.66. The molecule has 9 heteroatoms. The molecule has 1 aliphatic rings. The van der Waals surface area contributed by atoms with E-state index in [1.54, 1.807) is 11.8 Å². The highest BCUT2D eigenvalue weighted by Gasteiger charge is 2.30. The van der Waals surface area contributed by atoms with Gasteiger partial charge in [-0.15, -0.1) is 11.8 Å². The van der Waals surface area contributed by atoms with Crippen molar-refractivity contribution < 1.29 is 0 Å². The van der Waals surface area contributed by atoms with Gasteiger partial charge in [-0.25, -0.2) is 9.98 Å². The van der Waals surface area contributed by atoms with Crippen LogP contribution in [-0.4, -0.2) is 16.7 Å². The second kappa shape index (κ2) is 8.07. The molecular formula is C19H20N8S. The molecule has 28 heavy (non-hydrogen) atoms. The fourth-order valence-corrected chi connectivity index (χ4v) is 3.93. The Balaban J connectivity index is 2.19. The Bertz CT molecular complexity index is 1020. The molecule has 0 amide bonds. The average Bonchev–Trinajstić information content (AvgIpc) is 2.66. The van der Waals surface area contributed by atoms with E-state index in [0.29, 0.717) is 17.3 Å². The summed E-state index contributed by atoms with van der Waals surface area (Å²) in [5.74, 6) is 2.14. The highest BCUT2D eigenvalue weighted by Crippen LogP contribution is 2.43. The Hall–Kier alpha value is -3.43. The van der Waals surface area contributed by atoms with E-state index in [0.717, 1.165) is 16.2 Å². The zero-order valence-electron chi connectivity index (χ0n) is 15.5. The number of nitrogens with two attached hydrogens (primary N) is 2. The zero-order valence-corrected chi connectivity index (χ0v) is 16.3. The van der Waals surface area contributed by atoms with Gasteiger partial charge in [0.05, 0.1) is 5.69 Å². The zero-order chi connectivity index (χ0) is 20.3. The van der Waals surface area contributed by atoms with Gasteiger partial charge in [0.2, 0.25) is 5.96 Å². The lowest BCUT2D eigenvalue weighted by atomic mass is 9.95. The second-order valence-corrected chi connectivity index (χ2v) is 7.71. The Morgan fingerprint density at radius 2 is 2.04 bits per heavy atom. The maximum atomic E-state index is 9.43. The minimum Gasteiger partial charge on any atom is -0.397 e. The molecule has 0 fully saturated rings. The molecular weight excluding hydrogens is 372 g/mol. The van der Waals surface area contributed by atoms with Crippen LogP contribution in [0.4, 0.5) is 17.3 Å². The molecule has 1 unspecified atom stereocenters. The van der Waals surface area contributed by atoms with Crippen LogP contribution in [0.15, 0.2) is 34.2 Å². The molecule has 0 spiro atoms. The van der Waals surface area contributed by atoms with Crippen molar-refractivity contribution in [3.63, 3.8) is 0 Å². The van der Waals surface area contributed by atoms with Crippen LogP contribution < -0.4 is 22.1 Å². The maximum Gasteiger partial charge on any atom is 0.211 e. The summed E-state index contributed by atoms with van der Waals surface area (Å²) in [5.41, 5.74) is 14.1. The molecule has 0 radical (unpaired) electrons. The third-order valence-electron chi connectivity index (χ3n) is 4.14. The summed E-state index contributed by atoms with van der Waals surface area (Å²) in [7, 11) is 0. The molecule has 0 saturated heterocycles. The van der Waals surface area contributed by atoms with Crippen LogP contribution in [0.25, 0.3) is 0 Å². The number of thioether (sulfide) groups is 1. The number of pyridine rings is 1.